The topological polar surface area (TPSA) is 75.2 Å². The molecule has 0 radical (unpaired) electrons. The molecule has 3 atom stereocenters. The molecule has 2 aromatic carbocycles. The lowest BCUT2D eigenvalue weighted by Crippen LogP contribution is -2.45. The normalized spacial score (nSPS) is 26.2. The van der Waals surface area contributed by atoms with E-state index in [0.29, 0.717) is 24.5 Å². The lowest BCUT2D eigenvalue weighted by atomic mass is 9.85. The van der Waals surface area contributed by atoms with Gasteiger partial charge in [0.05, 0.1) is 13.2 Å². The Kier molecular flexibility index (Phi) is 4.50. The zero-order valence-corrected chi connectivity index (χ0v) is 15.9. The number of aromatic hydroxyl groups is 1. The molecule has 3 N–H and O–H groups in total. The molecule has 7 nitrogen and oxygen atoms in total. The van der Waals surface area contributed by atoms with Gasteiger partial charge >= 0.3 is 0 Å². The zero-order chi connectivity index (χ0) is 19.1. The van der Waals surface area contributed by atoms with Crippen molar-refractivity contribution in [2.75, 3.05) is 27.0 Å². The summed E-state index contributed by atoms with van der Waals surface area (Å²) in [6.45, 7) is 3.12. The number of hydrogen-bond donors (Lipinski definition) is 3. The molecule has 2 fully saturated rings. The SMILES string of the molecule is COc1ccc(CN2CCC3NNC(c4ccc5c(c4)OCO5)C3C2)cc1O. The molecular weight excluding hydrogens is 358 g/mol. The van der Waals surface area contributed by atoms with Crippen LogP contribution < -0.4 is 25.1 Å². The van der Waals surface area contributed by atoms with Crippen molar-refractivity contribution in [1.82, 2.24) is 15.8 Å². The number of ether oxygens (including phenoxy) is 3. The molecule has 2 aromatic rings. The fourth-order valence-electron chi connectivity index (χ4n) is 4.55. The predicted octanol–water partition coefficient (Wildman–Crippen LogP) is 2.17. The summed E-state index contributed by atoms with van der Waals surface area (Å²) in [7, 11) is 1.57. The number of piperidine rings is 1. The Labute approximate surface area is 164 Å². The molecule has 2 saturated heterocycles. The van der Waals surface area contributed by atoms with E-state index in [1.165, 1.54) is 5.56 Å². The van der Waals surface area contributed by atoms with Gasteiger partial charge in [0, 0.05) is 31.6 Å². The number of rotatable bonds is 4. The van der Waals surface area contributed by atoms with Gasteiger partial charge in [0.2, 0.25) is 6.79 Å². The minimum atomic E-state index is 0.192. The first-order valence-corrected chi connectivity index (χ1v) is 9.70. The Morgan fingerprint density at radius 3 is 2.89 bits per heavy atom. The second kappa shape index (κ2) is 7.16. The van der Waals surface area contributed by atoms with Crippen molar-refractivity contribution in [2.45, 2.75) is 25.0 Å². The number of phenolic OH excluding ortho intramolecular Hbond substituents is 1. The molecule has 7 heteroatoms. The molecule has 3 aliphatic heterocycles. The highest BCUT2D eigenvalue weighted by Crippen LogP contribution is 2.39. The lowest BCUT2D eigenvalue weighted by molar-refractivity contribution is 0.148. The highest BCUT2D eigenvalue weighted by atomic mass is 16.7. The smallest absolute Gasteiger partial charge is 0.231 e. The van der Waals surface area contributed by atoms with Crippen LogP contribution in [-0.2, 0) is 6.54 Å². The number of likely N-dealkylation sites (tertiary alicyclic amines) is 1. The number of hydrazine groups is 1. The van der Waals surface area contributed by atoms with E-state index >= 15 is 0 Å². The van der Waals surface area contributed by atoms with Crippen molar-refractivity contribution >= 4 is 0 Å². The number of hydrogen-bond acceptors (Lipinski definition) is 7. The van der Waals surface area contributed by atoms with Gasteiger partial charge in [-0.2, -0.15) is 0 Å². The van der Waals surface area contributed by atoms with Gasteiger partial charge in [-0.3, -0.25) is 10.3 Å². The van der Waals surface area contributed by atoms with Gasteiger partial charge in [-0.1, -0.05) is 12.1 Å². The Bertz CT molecular complexity index is 875. The number of nitrogens with zero attached hydrogens (tertiary/aromatic N) is 1. The van der Waals surface area contributed by atoms with Crippen LogP contribution in [0.5, 0.6) is 23.0 Å². The van der Waals surface area contributed by atoms with Crippen LogP contribution in [0.3, 0.4) is 0 Å². The minimum Gasteiger partial charge on any atom is -0.504 e. The van der Waals surface area contributed by atoms with Crippen LogP contribution in [-0.4, -0.2) is 43.0 Å². The first-order valence-electron chi connectivity index (χ1n) is 9.70. The van der Waals surface area contributed by atoms with Crippen molar-refractivity contribution in [3.8, 4) is 23.0 Å². The molecule has 3 heterocycles. The summed E-state index contributed by atoms with van der Waals surface area (Å²) in [5.74, 6) is 2.80. The first kappa shape index (κ1) is 17.6. The van der Waals surface area contributed by atoms with Crippen LogP contribution in [0.2, 0.25) is 0 Å². The van der Waals surface area contributed by atoms with Crippen molar-refractivity contribution < 1.29 is 19.3 Å². The van der Waals surface area contributed by atoms with Gasteiger partial charge in [-0.25, -0.2) is 5.43 Å². The molecule has 3 unspecified atom stereocenters. The molecule has 0 aromatic heterocycles. The summed E-state index contributed by atoms with van der Waals surface area (Å²) in [5.41, 5.74) is 9.27. The molecule has 0 saturated carbocycles. The highest BCUT2D eigenvalue weighted by Gasteiger charge is 2.40. The Morgan fingerprint density at radius 1 is 1.14 bits per heavy atom. The molecule has 0 spiro atoms. The largest absolute Gasteiger partial charge is 0.504 e. The van der Waals surface area contributed by atoms with Gasteiger partial charge in [-0.05, 0) is 41.8 Å². The predicted molar refractivity (Wildman–Crippen MR) is 103 cm³/mol. The third-order valence-corrected chi connectivity index (χ3v) is 6.00. The second-order valence-corrected chi connectivity index (χ2v) is 7.68. The Balaban J connectivity index is 1.30. The third-order valence-electron chi connectivity index (χ3n) is 6.00. The van der Waals surface area contributed by atoms with Crippen molar-refractivity contribution in [3.63, 3.8) is 0 Å². The molecule has 0 bridgehead atoms. The van der Waals surface area contributed by atoms with Crippen molar-refractivity contribution in [3.05, 3.63) is 47.5 Å². The van der Waals surface area contributed by atoms with Crippen LogP contribution in [0.1, 0.15) is 23.6 Å². The molecule has 3 aliphatic rings. The summed E-state index contributed by atoms with van der Waals surface area (Å²) in [5, 5.41) is 10.1. The van der Waals surface area contributed by atoms with E-state index < -0.39 is 0 Å². The fraction of sp³-hybridized carbons (Fsp3) is 0.429. The lowest BCUT2D eigenvalue weighted by Gasteiger charge is -2.36. The summed E-state index contributed by atoms with van der Waals surface area (Å²) in [6, 6.07) is 12.5. The van der Waals surface area contributed by atoms with E-state index in [4.69, 9.17) is 14.2 Å². The number of phenols is 1. The molecule has 28 heavy (non-hydrogen) atoms. The maximum Gasteiger partial charge on any atom is 0.231 e. The summed E-state index contributed by atoms with van der Waals surface area (Å²) in [6.07, 6.45) is 1.08. The van der Waals surface area contributed by atoms with E-state index in [2.05, 4.69) is 27.9 Å². The van der Waals surface area contributed by atoms with Crippen LogP contribution in [0, 0.1) is 5.92 Å². The van der Waals surface area contributed by atoms with Crippen LogP contribution in [0.15, 0.2) is 36.4 Å². The van der Waals surface area contributed by atoms with Crippen molar-refractivity contribution in [1.29, 1.82) is 0 Å². The fourth-order valence-corrected chi connectivity index (χ4v) is 4.55. The maximum atomic E-state index is 10.1. The Morgan fingerprint density at radius 2 is 2.04 bits per heavy atom. The van der Waals surface area contributed by atoms with Crippen LogP contribution in [0.25, 0.3) is 0 Å². The van der Waals surface area contributed by atoms with E-state index in [0.717, 1.165) is 43.1 Å². The zero-order valence-electron chi connectivity index (χ0n) is 15.9. The molecular formula is C21H25N3O4. The average molecular weight is 383 g/mol. The number of benzene rings is 2. The third kappa shape index (κ3) is 3.15. The quantitative estimate of drug-likeness (QED) is 0.747. The highest BCUT2D eigenvalue weighted by molar-refractivity contribution is 5.46. The van der Waals surface area contributed by atoms with E-state index in [-0.39, 0.29) is 11.8 Å². The number of fused-ring (bicyclic) bond motifs is 2. The van der Waals surface area contributed by atoms with Gasteiger partial charge in [-0.15, -0.1) is 0 Å². The molecule has 0 aliphatic carbocycles. The summed E-state index contributed by atoms with van der Waals surface area (Å²) < 4.78 is 16.1. The van der Waals surface area contributed by atoms with Gasteiger partial charge in [0.15, 0.2) is 23.0 Å². The second-order valence-electron chi connectivity index (χ2n) is 7.68. The van der Waals surface area contributed by atoms with E-state index in [9.17, 15) is 5.11 Å². The number of methoxy groups -OCH3 is 1. The van der Waals surface area contributed by atoms with Gasteiger partial charge in [0.25, 0.3) is 0 Å². The van der Waals surface area contributed by atoms with E-state index in [1.54, 1.807) is 13.2 Å². The summed E-state index contributed by atoms with van der Waals surface area (Å²) in [4.78, 5) is 2.46. The Hall–Kier alpha value is -2.48. The maximum absolute atomic E-state index is 10.1. The number of nitrogens with one attached hydrogen (secondary N) is 2. The van der Waals surface area contributed by atoms with Crippen molar-refractivity contribution in [2.24, 2.45) is 5.92 Å². The van der Waals surface area contributed by atoms with Crippen LogP contribution >= 0.6 is 0 Å². The standard InChI is InChI=1S/C21H25N3O4/c1-26-18-4-2-13(8-17(18)25)10-24-7-6-16-15(11-24)21(23-22-16)14-3-5-19-20(9-14)28-12-27-19/h2-5,8-9,15-16,21-23,25H,6-7,10-12H2,1H3. The minimum absolute atomic E-state index is 0.192. The monoisotopic (exact) mass is 383 g/mol. The van der Waals surface area contributed by atoms with Crippen LogP contribution in [0.4, 0.5) is 0 Å². The molecule has 0 amide bonds. The van der Waals surface area contributed by atoms with Gasteiger partial charge < -0.3 is 19.3 Å². The summed E-state index contributed by atoms with van der Waals surface area (Å²) >= 11 is 0. The average Bonchev–Trinajstić information content (AvgIpc) is 3.34. The van der Waals surface area contributed by atoms with E-state index in [1.807, 2.05) is 18.2 Å². The molecule has 148 valence electrons. The first-order chi connectivity index (χ1) is 13.7. The molecule has 5 rings (SSSR count). The van der Waals surface area contributed by atoms with Gasteiger partial charge in [0.1, 0.15) is 0 Å².